The van der Waals surface area contributed by atoms with Crippen molar-refractivity contribution in [2.75, 3.05) is 5.32 Å². The molecule has 1 amide bonds. The van der Waals surface area contributed by atoms with E-state index >= 15 is 0 Å². The van der Waals surface area contributed by atoms with Crippen LogP contribution in [0.25, 0.3) is 0 Å². The summed E-state index contributed by atoms with van der Waals surface area (Å²) in [7, 11) is -3.27. The van der Waals surface area contributed by atoms with Gasteiger partial charge in [0.2, 0.25) is 15.9 Å². The molecule has 0 radical (unpaired) electrons. The summed E-state index contributed by atoms with van der Waals surface area (Å²) < 4.78 is 26.6. The Balaban J connectivity index is 1.87. The maximum Gasteiger partial charge on any atom is 0.227 e. The zero-order valence-electron chi connectivity index (χ0n) is 14.7. The van der Waals surface area contributed by atoms with Gasteiger partial charge >= 0.3 is 0 Å². The van der Waals surface area contributed by atoms with E-state index in [1.165, 1.54) is 0 Å². The lowest BCUT2D eigenvalue weighted by molar-refractivity contribution is -0.120. The van der Waals surface area contributed by atoms with E-state index in [0.717, 1.165) is 11.8 Å². The van der Waals surface area contributed by atoms with Crippen molar-refractivity contribution < 1.29 is 18.0 Å². The normalized spacial score (nSPS) is 21.1. The number of rotatable bonds is 7. The van der Waals surface area contributed by atoms with Crippen LogP contribution in [0.5, 0.6) is 0 Å². The summed E-state index contributed by atoms with van der Waals surface area (Å²) >= 11 is 0. The van der Waals surface area contributed by atoms with E-state index < -0.39 is 15.3 Å². The van der Waals surface area contributed by atoms with Crippen LogP contribution in [-0.2, 0) is 26.0 Å². The average molecular weight is 366 g/mol. The highest BCUT2D eigenvalue weighted by atomic mass is 32.2. The van der Waals surface area contributed by atoms with E-state index in [9.17, 15) is 18.0 Å². The van der Waals surface area contributed by atoms with E-state index in [2.05, 4.69) is 10.0 Å². The molecule has 138 valence electrons. The summed E-state index contributed by atoms with van der Waals surface area (Å²) in [6, 6.07) is 7.16. The van der Waals surface area contributed by atoms with Gasteiger partial charge < -0.3 is 10.1 Å². The van der Waals surface area contributed by atoms with Crippen LogP contribution >= 0.6 is 0 Å². The minimum absolute atomic E-state index is 0.0478. The van der Waals surface area contributed by atoms with Crippen LogP contribution in [0.15, 0.2) is 24.3 Å². The van der Waals surface area contributed by atoms with Crippen LogP contribution in [0.1, 0.15) is 45.1 Å². The molecular weight excluding hydrogens is 340 g/mol. The van der Waals surface area contributed by atoms with Gasteiger partial charge in [-0.25, -0.2) is 13.1 Å². The summed E-state index contributed by atoms with van der Waals surface area (Å²) in [5.74, 6) is -0.164. The van der Waals surface area contributed by atoms with Crippen molar-refractivity contribution in [2.24, 2.45) is 5.92 Å². The van der Waals surface area contributed by atoms with Gasteiger partial charge in [-0.3, -0.25) is 4.79 Å². The minimum atomic E-state index is -3.27. The van der Waals surface area contributed by atoms with Gasteiger partial charge in [-0.05, 0) is 57.2 Å². The molecular formula is C18H26N2O4S. The number of amides is 1. The Bertz CT molecular complexity index is 708. The summed E-state index contributed by atoms with van der Waals surface area (Å²) in [6.45, 7) is 3.31. The maximum absolute atomic E-state index is 12.4. The maximum atomic E-state index is 12.4. The second kappa shape index (κ2) is 8.58. The Kier molecular flexibility index (Phi) is 6.72. The molecule has 2 rings (SSSR count). The quantitative estimate of drug-likeness (QED) is 0.724. The van der Waals surface area contributed by atoms with Crippen LogP contribution in [0, 0.1) is 5.92 Å². The van der Waals surface area contributed by atoms with Crippen LogP contribution in [0.2, 0.25) is 0 Å². The van der Waals surface area contributed by atoms with Gasteiger partial charge in [0, 0.05) is 24.1 Å². The zero-order valence-corrected chi connectivity index (χ0v) is 15.5. The molecule has 0 saturated heterocycles. The molecule has 0 heterocycles. The first-order valence-electron chi connectivity index (χ1n) is 8.66. The second-order valence-electron chi connectivity index (χ2n) is 6.82. The lowest BCUT2D eigenvalue weighted by Gasteiger charge is -2.28. The highest BCUT2D eigenvalue weighted by molar-refractivity contribution is 7.90. The molecule has 7 heteroatoms. The number of hydrogen-bond acceptors (Lipinski definition) is 4. The van der Waals surface area contributed by atoms with E-state index in [-0.39, 0.29) is 17.9 Å². The van der Waals surface area contributed by atoms with Gasteiger partial charge in [0.1, 0.15) is 6.29 Å². The number of benzene rings is 1. The zero-order chi connectivity index (χ0) is 18.4. The molecule has 25 heavy (non-hydrogen) atoms. The van der Waals surface area contributed by atoms with Crippen molar-refractivity contribution in [1.82, 2.24) is 4.72 Å². The first-order valence-corrected chi connectivity index (χ1v) is 10.2. The number of aldehydes is 1. The van der Waals surface area contributed by atoms with Crippen LogP contribution in [-0.4, -0.2) is 31.9 Å². The second-order valence-corrected chi connectivity index (χ2v) is 9.09. The molecule has 2 N–H and O–H groups in total. The number of anilines is 1. The third-order valence-electron chi connectivity index (χ3n) is 4.56. The Labute approximate surface area is 149 Å². The molecule has 1 saturated carbocycles. The monoisotopic (exact) mass is 366 g/mol. The van der Waals surface area contributed by atoms with Gasteiger partial charge in [-0.1, -0.05) is 12.1 Å². The average Bonchev–Trinajstić information content (AvgIpc) is 2.55. The van der Waals surface area contributed by atoms with E-state index in [1.54, 1.807) is 26.0 Å². The van der Waals surface area contributed by atoms with Crippen molar-refractivity contribution in [1.29, 1.82) is 0 Å². The van der Waals surface area contributed by atoms with Gasteiger partial charge in [0.05, 0.1) is 5.25 Å². The van der Waals surface area contributed by atoms with E-state index in [1.807, 2.05) is 12.1 Å². The fraction of sp³-hybridized carbons (Fsp3) is 0.556. The van der Waals surface area contributed by atoms with E-state index in [0.29, 0.717) is 37.8 Å². The molecule has 1 aromatic carbocycles. The van der Waals surface area contributed by atoms with Gasteiger partial charge in [-0.2, -0.15) is 0 Å². The number of carbonyl (C=O) groups excluding carboxylic acids is 2. The number of hydrogen-bond donors (Lipinski definition) is 2. The van der Waals surface area contributed by atoms with Crippen LogP contribution in [0.3, 0.4) is 0 Å². The molecule has 6 nitrogen and oxygen atoms in total. The number of nitrogens with one attached hydrogen (secondary N) is 2. The standard InChI is InChI=1S/C18H26N2O4S/c1-13(2)25(23,24)20-16-8-6-15(7-9-16)18(22)19-17-5-3-4-14(12-17)10-11-21/h3-5,11-13,15-16,20H,6-10H2,1-2H3,(H,19,22). The first-order chi connectivity index (χ1) is 11.8. The van der Waals surface area contributed by atoms with Crippen molar-refractivity contribution in [2.45, 2.75) is 57.2 Å². The summed E-state index contributed by atoms with van der Waals surface area (Å²) in [6.07, 6.45) is 3.80. The topological polar surface area (TPSA) is 92.3 Å². The van der Waals surface area contributed by atoms with Crippen LogP contribution < -0.4 is 10.0 Å². The van der Waals surface area contributed by atoms with Crippen LogP contribution in [0.4, 0.5) is 5.69 Å². The first kappa shape index (κ1) is 19.6. The lowest BCUT2D eigenvalue weighted by atomic mass is 9.86. The fourth-order valence-corrected chi connectivity index (χ4v) is 3.93. The molecule has 1 aliphatic carbocycles. The number of sulfonamides is 1. The molecule has 0 unspecified atom stereocenters. The Morgan fingerprint density at radius 2 is 1.92 bits per heavy atom. The Hall–Kier alpha value is -1.73. The summed E-state index contributed by atoms with van der Waals surface area (Å²) in [5, 5.41) is 2.45. The molecule has 1 fully saturated rings. The van der Waals surface area contributed by atoms with Crippen molar-refractivity contribution in [3.05, 3.63) is 29.8 Å². The summed E-state index contributed by atoms with van der Waals surface area (Å²) in [4.78, 5) is 23.0. The van der Waals surface area contributed by atoms with E-state index in [4.69, 9.17) is 0 Å². The van der Waals surface area contributed by atoms with Crippen molar-refractivity contribution in [3.63, 3.8) is 0 Å². The largest absolute Gasteiger partial charge is 0.326 e. The minimum Gasteiger partial charge on any atom is -0.326 e. The third-order valence-corrected chi connectivity index (χ3v) is 6.47. The highest BCUT2D eigenvalue weighted by Crippen LogP contribution is 2.26. The molecule has 1 aliphatic rings. The SMILES string of the molecule is CC(C)S(=O)(=O)NC1CCC(C(=O)Nc2cccc(CC=O)c2)CC1. The molecule has 0 aliphatic heterocycles. The van der Waals surface area contributed by atoms with Crippen molar-refractivity contribution >= 4 is 27.9 Å². The predicted octanol–water partition coefficient (Wildman–Crippen LogP) is 2.25. The highest BCUT2D eigenvalue weighted by Gasteiger charge is 2.29. The van der Waals surface area contributed by atoms with Crippen molar-refractivity contribution in [3.8, 4) is 0 Å². The molecule has 0 aromatic heterocycles. The van der Waals surface area contributed by atoms with Gasteiger partial charge in [0.15, 0.2) is 0 Å². The fourth-order valence-electron chi connectivity index (χ4n) is 2.96. The Morgan fingerprint density at radius 1 is 1.24 bits per heavy atom. The molecule has 0 bridgehead atoms. The smallest absolute Gasteiger partial charge is 0.227 e. The third kappa shape index (κ3) is 5.64. The molecule has 0 spiro atoms. The Morgan fingerprint density at radius 3 is 2.52 bits per heavy atom. The lowest BCUT2D eigenvalue weighted by Crippen LogP contribution is -2.42. The van der Waals surface area contributed by atoms with Gasteiger partial charge in [-0.15, -0.1) is 0 Å². The predicted molar refractivity (Wildman–Crippen MR) is 97.8 cm³/mol. The number of carbonyl (C=O) groups is 2. The van der Waals surface area contributed by atoms with Gasteiger partial charge in [0.25, 0.3) is 0 Å². The molecule has 1 aromatic rings. The summed E-state index contributed by atoms with van der Waals surface area (Å²) in [5.41, 5.74) is 1.55. The molecule has 0 atom stereocenters.